The summed E-state index contributed by atoms with van der Waals surface area (Å²) in [6, 6.07) is 7.06. The molecule has 0 aliphatic heterocycles. The first kappa shape index (κ1) is 16.7. The van der Waals surface area contributed by atoms with Gasteiger partial charge in [0.05, 0.1) is 19.7 Å². The first-order chi connectivity index (χ1) is 11.5. The normalized spacial score (nSPS) is 10.9. The van der Waals surface area contributed by atoms with Crippen molar-refractivity contribution in [2.24, 2.45) is 0 Å². The number of hydrogen-bond donors (Lipinski definition) is 1. The smallest absolute Gasteiger partial charge is 0.268 e. The van der Waals surface area contributed by atoms with E-state index in [1.165, 1.54) is 3.97 Å². The lowest BCUT2D eigenvalue weighted by atomic mass is 10.0. The summed E-state index contributed by atoms with van der Waals surface area (Å²) in [5, 5.41) is 1.11. The zero-order valence-electron chi connectivity index (χ0n) is 13.3. The van der Waals surface area contributed by atoms with Crippen LogP contribution in [0.3, 0.4) is 0 Å². The summed E-state index contributed by atoms with van der Waals surface area (Å²) in [5.41, 5.74) is 2.23. The van der Waals surface area contributed by atoms with E-state index in [4.69, 9.17) is 21.1 Å². The molecule has 0 bridgehead atoms. The van der Waals surface area contributed by atoms with E-state index in [1.807, 2.05) is 0 Å². The van der Waals surface area contributed by atoms with Crippen molar-refractivity contribution in [3.63, 3.8) is 0 Å². The number of ether oxygens (including phenoxy) is 2. The third-order valence-electron chi connectivity index (χ3n) is 3.85. The number of aromatic nitrogens is 2. The highest BCUT2D eigenvalue weighted by atomic mass is 35.5. The molecule has 0 spiro atoms. The van der Waals surface area contributed by atoms with Crippen molar-refractivity contribution < 1.29 is 9.47 Å². The molecule has 0 saturated heterocycles. The lowest BCUT2D eigenvalue weighted by Crippen LogP contribution is -2.16. The number of thiol groups is 1. The third-order valence-corrected chi connectivity index (χ3v) is 4.61. The van der Waals surface area contributed by atoms with Gasteiger partial charge in [-0.25, -0.2) is 4.98 Å². The fraction of sp³-hybridized carbons (Fsp3) is 0.176. The molecule has 3 rings (SSSR count). The quantitative estimate of drug-likeness (QED) is 0.569. The molecule has 0 N–H and O–H groups in total. The molecule has 0 atom stereocenters. The molecule has 0 aliphatic rings. The Hall–Kier alpha value is -2.18. The van der Waals surface area contributed by atoms with E-state index in [1.54, 1.807) is 51.6 Å². The van der Waals surface area contributed by atoms with E-state index in [0.717, 1.165) is 5.39 Å². The van der Waals surface area contributed by atoms with Crippen molar-refractivity contribution in [1.29, 1.82) is 0 Å². The van der Waals surface area contributed by atoms with Gasteiger partial charge in [-0.2, -0.15) is 0 Å². The minimum Gasteiger partial charge on any atom is -0.497 e. The second-order valence-corrected chi connectivity index (χ2v) is 6.01. The summed E-state index contributed by atoms with van der Waals surface area (Å²) in [6.45, 7) is 1.80. The van der Waals surface area contributed by atoms with Gasteiger partial charge in [0.15, 0.2) is 0 Å². The first-order valence-electron chi connectivity index (χ1n) is 7.09. The Balaban J connectivity index is 2.34. The Morgan fingerprint density at radius 3 is 2.33 bits per heavy atom. The molecule has 2 aromatic heterocycles. The highest BCUT2D eigenvalue weighted by Crippen LogP contribution is 2.31. The Kier molecular flexibility index (Phi) is 4.43. The standard InChI is InChI=1S/C17H15ClN2O3S/c1-9-15-11(8-19-16(9)18)6-14(17(21)20(15)24)10-4-12(22-2)7-13(5-10)23-3/h4-8,24H,1-3H3. The Bertz CT molecular complexity index is 979. The molecule has 7 heteroatoms. The molecule has 0 aliphatic carbocycles. The molecule has 124 valence electrons. The number of halogens is 1. The number of fused-ring (bicyclic) bond motifs is 1. The molecule has 0 fully saturated rings. The molecule has 24 heavy (non-hydrogen) atoms. The molecule has 0 saturated carbocycles. The number of hydrogen-bond acceptors (Lipinski definition) is 5. The predicted octanol–water partition coefficient (Wildman–Crippen LogP) is 3.74. The fourth-order valence-electron chi connectivity index (χ4n) is 2.59. The maximum atomic E-state index is 12.8. The molecule has 2 heterocycles. The van der Waals surface area contributed by atoms with Crippen LogP contribution in [0.5, 0.6) is 11.5 Å². The summed E-state index contributed by atoms with van der Waals surface area (Å²) in [6.07, 6.45) is 1.62. The minimum atomic E-state index is -0.258. The molecule has 5 nitrogen and oxygen atoms in total. The highest BCUT2D eigenvalue weighted by molar-refractivity contribution is 7.78. The van der Waals surface area contributed by atoms with Crippen LogP contribution in [0.2, 0.25) is 5.15 Å². The van der Waals surface area contributed by atoms with E-state index < -0.39 is 0 Å². The summed E-state index contributed by atoms with van der Waals surface area (Å²) < 4.78 is 11.8. The van der Waals surface area contributed by atoms with Gasteiger partial charge in [-0.1, -0.05) is 24.4 Å². The van der Waals surface area contributed by atoms with Crippen molar-refractivity contribution in [1.82, 2.24) is 8.96 Å². The maximum absolute atomic E-state index is 12.8. The number of nitrogens with zero attached hydrogens (tertiary/aromatic N) is 2. The van der Waals surface area contributed by atoms with Gasteiger partial charge in [0.1, 0.15) is 16.7 Å². The van der Waals surface area contributed by atoms with Gasteiger partial charge in [0.25, 0.3) is 5.56 Å². The maximum Gasteiger partial charge on any atom is 0.268 e. The van der Waals surface area contributed by atoms with E-state index in [2.05, 4.69) is 17.8 Å². The van der Waals surface area contributed by atoms with E-state index in [9.17, 15) is 4.79 Å². The Morgan fingerprint density at radius 2 is 1.75 bits per heavy atom. The van der Waals surface area contributed by atoms with Gasteiger partial charge in [0.2, 0.25) is 0 Å². The number of pyridine rings is 2. The van der Waals surface area contributed by atoms with Crippen LogP contribution in [0.4, 0.5) is 0 Å². The highest BCUT2D eigenvalue weighted by Gasteiger charge is 2.14. The second kappa shape index (κ2) is 6.37. The van der Waals surface area contributed by atoms with Gasteiger partial charge in [-0.3, -0.25) is 8.77 Å². The molecule has 3 aromatic rings. The Morgan fingerprint density at radius 1 is 1.12 bits per heavy atom. The molecule has 1 aromatic carbocycles. The van der Waals surface area contributed by atoms with Crippen LogP contribution in [-0.4, -0.2) is 23.2 Å². The topological polar surface area (TPSA) is 53.4 Å². The average molecular weight is 363 g/mol. The zero-order valence-corrected chi connectivity index (χ0v) is 15.0. The van der Waals surface area contributed by atoms with E-state index in [0.29, 0.717) is 38.9 Å². The summed E-state index contributed by atoms with van der Waals surface area (Å²) in [4.78, 5) is 16.9. The molecule has 0 unspecified atom stereocenters. The zero-order chi connectivity index (χ0) is 17.4. The van der Waals surface area contributed by atoms with Gasteiger partial charge >= 0.3 is 0 Å². The van der Waals surface area contributed by atoms with Crippen LogP contribution in [0.1, 0.15) is 5.56 Å². The van der Waals surface area contributed by atoms with Gasteiger partial charge in [0, 0.05) is 28.8 Å². The van der Waals surface area contributed by atoms with Crippen molar-refractivity contribution in [2.45, 2.75) is 6.92 Å². The first-order valence-corrected chi connectivity index (χ1v) is 7.87. The largest absolute Gasteiger partial charge is 0.497 e. The summed E-state index contributed by atoms with van der Waals surface area (Å²) >= 11 is 10.4. The van der Waals surface area contributed by atoms with Crippen molar-refractivity contribution in [2.75, 3.05) is 14.2 Å². The van der Waals surface area contributed by atoms with Gasteiger partial charge in [-0.15, -0.1) is 0 Å². The SMILES string of the molecule is COc1cc(OC)cc(-c2cc3cnc(Cl)c(C)c3n(S)c2=O)c1. The lowest BCUT2D eigenvalue weighted by Gasteiger charge is -2.12. The molecular weight excluding hydrogens is 348 g/mol. The number of aryl methyl sites for hydroxylation is 1. The van der Waals surface area contributed by atoms with Crippen LogP contribution in [0.15, 0.2) is 35.3 Å². The van der Waals surface area contributed by atoms with Gasteiger partial charge < -0.3 is 9.47 Å². The second-order valence-electron chi connectivity index (χ2n) is 5.25. The van der Waals surface area contributed by atoms with Crippen molar-refractivity contribution in [3.05, 3.63) is 51.5 Å². The van der Waals surface area contributed by atoms with Crippen molar-refractivity contribution >= 4 is 35.3 Å². The Labute approximate surface area is 149 Å². The van der Waals surface area contributed by atoms with Crippen molar-refractivity contribution in [3.8, 4) is 22.6 Å². The lowest BCUT2D eigenvalue weighted by molar-refractivity contribution is 0.394. The van der Waals surface area contributed by atoms with Crippen LogP contribution in [0.25, 0.3) is 22.0 Å². The monoisotopic (exact) mass is 362 g/mol. The van der Waals surface area contributed by atoms with E-state index in [-0.39, 0.29) is 5.56 Å². The fourth-order valence-corrected chi connectivity index (χ4v) is 3.10. The molecule has 0 radical (unpaired) electrons. The average Bonchev–Trinajstić information content (AvgIpc) is 2.60. The predicted molar refractivity (Wildman–Crippen MR) is 98.7 cm³/mol. The summed E-state index contributed by atoms with van der Waals surface area (Å²) in [7, 11) is 3.12. The van der Waals surface area contributed by atoms with Crippen LogP contribution in [-0.2, 0) is 0 Å². The molecular formula is C17H15ClN2O3S. The van der Waals surface area contributed by atoms with Gasteiger partial charge in [-0.05, 0) is 30.7 Å². The summed E-state index contributed by atoms with van der Waals surface area (Å²) in [5.74, 6) is 1.19. The van der Waals surface area contributed by atoms with Crippen LogP contribution in [0, 0.1) is 6.92 Å². The number of methoxy groups -OCH3 is 2. The minimum absolute atomic E-state index is 0.258. The van der Waals surface area contributed by atoms with Crippen LogP contribution >= 0.6 is 24.4 Å². The number of benzene rings is 1. The molecule has 0 amide bonds. The number of rotatable bonds is 3. The van der Waals surface area contributed by atoms with E-state index >= 15 is 0 Å². The third kappa shape index (κ3) is 2.72. The van der Waals surface area contributed by atoms with Crippen LogP contribution < -0.4 is 15.0 Å².